The second-order valence-corrected chi connectivity index (χ2v) is 25.7. The Morgan fingerprint density at radius 3 is 1.26 bits per heavy atom. The van der Waals surface area contributed by atoms with Crippen LogP contribution in [0.3, 0.4) is 0 Å². The number of likely N-dealkylation sites (tertiary alicyclic amines) is 2. The quantitative estimate of drug-likeness (QED) is 0.0910. The topological polar surface area (TPSA) is 28.6 Å². The summed E-state index contributed by atoms with van der Waals surface area (Å²) in [5.41, 5.74) is 11.4. The van der Waals surface area contributed by atoms with Gasteiger partial charge in [0.25, 0.3) is 0 Å². The molecule has 6 unspecified atom stereocenters. The highest BCUT2D eigenvalue weighted by molar-refractivity contribution is 5.33. The summed E-state index contributed by atoms with van der Waals surface area (Å²) >= 11 is 0. The standard InChI is InChI=1S/2C15H23N.C12H18O.C12H18.C11H15F.C11H17N/c2*1-11(2)14-9-16(4)10-15(14)13-8-6-5-7-12(13)3;1-10(2)4-5-11-6-8-12(13-3)9-7-11;1-4-12(10(2)3)11-8-6-5-7-9-11;1-9(2)3-4-10-5-7-11(12)8-6-10;1-4-10(9(2)3)11-7-5-6-8-12-11/h2*5-8,11,14-15H,9-10H2,1-4H3;6-10H,4-5H2,1-3H3;5-10,12H,4H2,1-3H3;5-9H,3-4H2,1-2H3;5-10H,4H2,1-3H3. The van der Waals surface area contributed by atoms with Crippen molar-refractivity contribution in [3.63, 3.8) is 0 Å². The molecule has 5 aromatic carbocycles. The van der Waals surface area contributed by atoms with Crippen LogP contribution >= 0.6 is 0 Å². The highest BCUT2D eigenvalue weighted by atomic mass is 19.1. The van der Waals surface area contributed by atoms with Crippen molar-refractivity contribution in [2.75, 3.05) is 47.4 Å². The fraction of sp³-hybridized carbons (Fsp3) is 0.539. The first-order valence-electron chi connectivity index (χ1n) is 31.4. The van der Waals surface area contributed by atoms with E-state index in [1.165, 1.54) is 104 Å². The molecule has 2 fully saturated rings. The fourth-order valence-corrected chi connectivity index (χ4v) is 11.8. The Labute approximate surface area is 497 Å². The Balaban J connectivity index is 0.000000256. The third kappa shape index (κ3) is 25.5. The van der Waals surface area contributed by atoms with Crippen LogP contribution < -0.4 is 4.74 Å². The van der Waals surface area contributed by atoms with E-state index in [-0.39, 0.29) is 5.82 Å². The molecule has 3 heterocycles. The molecular weight excluding hydrogens is 990 g/mol. The Kier molecular flexibility index (Phi) is 32.8. The molecule has 2 aliphatic heterocycles. The van der Waals surface area contributed by atoms with E-state index in [4.69, 9.17) is 4.74 Å². The highest BCUT2D eigenvalue weighted by Crippen LogP contribution is 2.39. The van der Waals surface area contributed by atoms with Crippen molar-refractivity contribution in [1.82, 2.24) is 14.8 Å². The first kappa shape index (κ1) is 70.2. The molecule has 0 bridgehead atoms. The monoisotopic (exact) mass is 1100 g/mol. The van der Waals surface area contributed by atoms with Gasteiger partial charge in [0, 0.05) is 55.8 Å². The number of likely N-dealkylation sites (N-methyl/N-ethyl adjacent to an activating group) is 2. The van der Waals surface area contributed by atoms with E-state index in [9.17, 15) is 4.39 Å². The molecule has 1 aromatic heterocycles. The lowest BCUT2D eigenvalue weighted by Crippen LogP contribution is -2.18. The van der Waals surface area contributed by atoms with Crippen molar-refractivity contribution in [3.8, 4) is 5.75 Å². The van der Waals surface area contributed by atoms with Gasteiger partial charge >= 0.3 is 0 Å². The van der Waals surface area contributed by atoms with Crippen LogP contribution in [-0.2, 0) is 12.8 Å². The van der Waals surface area contributed by atoms with E-state index >= 15 is 0 Å². The number of halogens is 1. The molecule has 0 spiro atoms. The minimum absolute atomic E-state index is 0.150. The van der Waals surface area contributed by atoms with Gasteiger partial charge in [-0.1, -0.05) is 206 Å². The van der Waals surface area contributed by atoms with Crippen LogP contribution in [0.5, 0.6) is 5.75 Å². The lowest BCUT2D eigenvalue weighted by molar-refractivity contribution is 0.344. The van der Waals surface area contributed by atoms with E-state index < -0.39 is 0 Å². The fourth-order valence-electron chi connectivity index (χ4n) is 11.8. The molecule has 446 valence electrons. The van der Waals surface area contributed by atoms with Crippen LogP contribution in [0, 0.1) is 67.0 Å². The van der Waals surface area contributed by atoms with E-state index in [0.29, 0.717) is 11.8 Å². The minimum atomic E-state index is -0.150. The lowest BCUT2D eigenvalue weighted by Gasteiger charge is -2.23. The van der Waals surface area contributed by atoms with Gasteiger partial charge in [0.1, 0.15) is 11.6 Å². The number of rotatable bonds is 17. The largest absolute Gasteiger partial charge is 0.497 e. The van der Waals surface area contributed by atoms with Crippen LogP contribution in [0.1, 0.15) is 191 Å². The molecule has 0 saturated carbocycles. The molecule has 0 radical (unpaired) electrons. The predicted octanol–water partition coefficient (Wildman–Crippen LogP) is 20.4. The van der Waals surface area contributed by atoms with Crippen molar-refractivity contribution in [3.05, 3.63) is 202 Å². The van der Waals surface area contributed by atoms with Crippen LogP contribution in [-0.4, -0.2) is 62.2 Å². The number of nitrogens with zero attached hydrogens (tertiary/aromatic N) is 3. The number of aromatic nitrogens is 1. The number of methoxy groups -OCH3 is 1. The lowest BCUT2D eigenvalue weighted by atomic mass is 9.80. The maximum absolute atomic E-state index is 12.5. The zero-order valence-corrected chi connectivity index (χ0v) is 54.6. The normalized spacial score (nSPS) is 17.7. The van der Waals surface area contributed by atoms with E-state index in [1.807, 2.05) is 36.5 Å². The molecule has 2 aliphatic rings. The summed E-state index contributed by atoms with van der Waals surface area (Å²) in [5.74, 6) is 9.69. The summed E-state index contributed by atoms with van der Waals surface area (Å²) in [6.45, 7) is 41.3. The van der Waals surface area contributed by atoms with Crippen LogP contribution in [0.2, 0.25) is 0 Å². The Morgan fingerprint density at radius 1 is 0.494 bits per heavy atom. The smallest absolute Gasteiger partial charge is 0.123 e. The minimum Gasteiger partial charge on any atom is -0.497 e. The summed E-state index contributed by atoms with van der Waals surface area (Å²) in [7, 11) is 6.18. The maximum Gasteiger partial charge on any atom is 0.123 e. The average molecular weight is 1100 g/mol. The summed E-state index contributed by atoms with van der Waals surface area (Å²) in [4.78, 5) is 9.32. The van der Waals surface area contributed by atoms with E-state index in [0.717, 1.165) is 71.3 Å². The van der Waals surface area contributed by atoms with Crippen molar-refractivity contribution < 1.29 is 9.13 Å². The number of hydrogen-bond donors (Lipinski definition) is 0. The average Bonchev–Trinajstić information content (AvgIpc) is 4.13. The van der Waals surface area contributed by atoms with Crippen molar-refractivity contribution in [2.24, 2.45) is 47.3 Å². The van der Waals surface area contributed by atoms with Gasteiger partial charge in [-0.25, -0.2) is 4.39 Å². The van der Waals surface area contributed by atoms with Crippen molar-refractivity contribution in [2.45, 2.75) is 173 Å². The summed E-state index contributed by atoms with van der Waals surface area (Å²) in [5, 5.41) is 0. The molecule has 8 rings (SSSR count). The molecule has 6 atom stereocenters. The molecule has 5 heteroatoms. The van der Waals surface area contributed by atoms with Gasteiger partial charge in [0.05, 0.1) is 7.11 Å². The number of benzene rings is 5. The van der Waals surface area contributed by atoms with Gasteiger partial charge in [-0.15, -0.1) is 0 Å². The zero-order chi connectivity index (χ0) is 60.0. The second kappa shape index (κ2) is 37.9. The van der Waals surface area contributed by atoms with Gasteiger partial charge in [0.2, 0.25) is 0 Å². The van der Waals surface area contributed by atoms with Crippen LogP contribution in [0.15, 0.2) is 152 Å². The number of aryl methyl sites for hydroxylation is 4. The van der Waals surface area contributed by atoms with E-state index in [2.05, 4.69) is 243 Å². The Hall–Kier alpha value is -5.10. The number of pyridine rings is 1. The molecule has 0 N–H and O–H groups in total. The maximum atomic E-state index is 12.5. The molecule has 0 amide bonds. The second-order valence-electron chi connectivity index (χ2n) is 25.7. The van der Waals surface area contributed by atoms with Gasteiger partial charge < -0.3 is 14.5 Å². The first-order chi connectivity index (χ1) is 38.6. The van der Waals surface area contributed by atoms with Gasteiger partial charge in [-0.3, -0.25) is 4.98 Å². The molecule has 2 saturated heterocycles. The van der Waals surface area contributed by atoms with Crippen molar-refractivity contribution >= 4 is 0 Å². The van der Waals surface area contributed by atoms with Gasteiger partial charge in [-0.2, -0.15) is 0 Å². The summed E-state index contributed by atoms with van der Waals surface area (Å²) < 4.78 is 17.6. The zero-order valence-electron chi connectivity index (χ0n) is 54.6. The highest BCUT2D eigenvalue weighted by Gasteiger charge is 2.35. The third-order valence-electron chi connectivity index (χ3n) is 16.9. The first-order valence-corrected chi connectivity index (χ1v) is 31.4. The van der Waals surface area contributed by atoms with Gasteiger partial charge in [0.15, 0.2) is 0 Å². The molecule has 6 aromatic rings. The Bertz CT molecular complexity index is 2400. The molecule has 0 aliphatic carbocycles. The Morgan fingerprint density at radius 2 is 0.901 bits per heavy atom. The number of ether oxygens (including phenoxy) is 1. The third-order valence-corrected chi connectivity index (χ3v) is 16.9. The van der Waals surface area contributed by atoms with Crippen molar-refractivity contribution in [1.29, 1.82) is 0 Å². The SMILES string of the molecule is CC(C)CCc1ccc(F)cc1.CCC(c1ccccc1)C(C)C.CCC(c1ccccn1)C(C)C.COc1ccc(CCC(C)C)cc1.Cc1ccccc1C1CN(C)CC1C(C)C.Cc1ccccc1C1CN(C)CC1C(C)C. The van der Waals surface area contributed by atoms with Crippen LogP contribution in [0.4, 0.5) is 4.39 Å². The molecular formula is C76H114FN3O. The summed E-state index contributed by atoms with van der Waals surface area (Å²) in [6.07, 6.45) is 8.94. The van der Waals surface area contributed by atoms with Crippen LogP contribution in [0.25, 0.3) is 0 Å². The molecule has 81 heavy (non-hydrogen) atoms. The predicted molar refractivity (Wildman–Crippen MR) is 352 cm³/mol. The van der Waals surface area contributed by atoms with Gasteiger partial charge in [-0.05, 0) is 195 Å². The summed E-state index contributed by atoms with van der Waals surface area (Å²) in [6, 6.07) is 49.8. The van der Waals surface area contributed by atoms with E-state index in [1.54, 1.807) is 18.2 Å². The molecule has 4 nitrogen and oxygen atoms in total. The number of hydrogen-bond acceptors (Lipinski definition) is 4.